The number of rotatable bonds is 6. The third kappa shape index (κ3) is 4.95. The molecule has 5 nitrogen and oxygen atoms in total. The van der Waals surface area contributed by atoms with E-state index >= 15 is 0 Å². The maximum absolute atomic E-state index is 10.2. The van der Waals surface area contributed by atoms with Crippen molar-refractivity contribution in [3.8, 4) is 5.75 Å². The van der Waals surface area contributed by atoms with Gasteiger partial charge < -0.3 is 24.3 Å². The molecule has 1 atom stereocenters. The predicted molar refractivity (Wildman–Crippen MR) is 89.7 cm³/mol. The second kappa shape index (κ2) is 7.22. The van der Waals surface area contributed by atoms with E-state index in [9.17, 15) is 10.1 Å². The molecule has 23 heavy (non-hydrogen) atoms. The molecule has 128 valence electrons. The molecule has 1 aliphatic rings. The first kappa shape index (κ1) is 18.3. The van der Waals surface area contributed by atoms with Gasteiger partial charge in [-0.2, -0.15) is 0 Å². The summed E-state index contributed by atoms with van der Waals surface area (Å²) in [6, 6.07) is 7.08. The third-order valence-corrected chi connectivity index (χ3v) is 4.45. The van der Waals surface area contributed by atoms with E-state index < -0.39 is 18.3 Å². The van der Waals surface area contributed by atoms with Crippen LogP contribution in [0.1, 0.15) is 47.0 Å². The van der Waals surface area contributed by atoms with Crippen LogP contribution in [0.4, 0.5) is 0 Å². The van der Waals surface area contributed by atoms with Gasteiger partial charge in [-0.05, 0) is 58.1 Å². The van der Waals surface area contributed by atoms with Gasteiger partial charge in [-0.15, -0.1) is 0 Å². The van der Waals surface area contributed by atoms with Crippen molar-refractivity contribution in [2.24, 2.45) is 0 Å². The van der Waals surface area contributed by atoms with Crippen molar-refractivity contribution in [1.29, 1.82) is 0 Å². The van der Waals surface area contributed by atoms with Gasteiger partial charge in [-0.3, -0.25) is 0 Å². The molecule has 1 aliphatic heterocycles. The molecule has 0 aromatic heterocycles. The Bertz CT molecular complexity index is 489. The lowest BCUT2D eigenvalue weighted by Crippen LogP contribution is -2.53. The summed E-state index contributed by atoms with van der Waals surface area (Å²) in [5, 5.41) is 20.3. The van der Waals surface area contributed by atoms with E-state index in [0.717, 1.165) is 25.9 Å². The van der Waals surface area contributed by atoms with Crippen molar-refractivity contribution in [3.63, 3.8) is 0 Å². The molecular weight excluding hydrogens is 295 g/mol. The van der Waals surface area contributed by atoms with Gasteiger partial charge in [0.1, 0.15) is 5.75 Å². The maximum Gasteiger partial charge on any atom is 0.491 e. The Morgan fingerprint density at radius 3 is 2.30 bits per heavy atom. The highest BCUT2D eigenvalue weighted by Crippen LogP contribution is 2.25. The monoisotopic (exact) mass is 322 g/mol. The fourth-order valence-electron chi connectivity index (χ4n) is 2.16. The lowest BCUT2D eigenvalue weighted by Gasteiger charge is -2.38. The van der Waals surface area contributed by atoms with Gasteiger partial charge in [0.15, 0.2) is 6.29 Å². The molecule has 0 unspecified atom stereocenters. The Hall–Kier alpha value is -1.08. The highest BCUT2D eigenvalue weighted by molar-refractivity contribution is 6.60. The van der Waals surface area contributed by atoms with Crippen LogP contribution in [0.5, 0.6) is 5.75 Å². The summed E-state index contributed by atoms with van der Waals surface area (Å²) in [6.07, 6.45) is 2.90. The standard InChI is InChI=1S/C17H27BO5/c1-16(2,19)17(3,4)23-18(20)13-8-10-14(11-9-13)22-15-7-5-6-12-21-15/h8-11,15,19-20H,5-7,12H2,1-4H3/t15-/m0/s1. The summed E-state index contributed by atoms with van der Waals surface area (Å²) in [4.78, 5) is 0. The number of hydrogen-bond acceptors (Lipinski definition) is 5. The molecule has 1 heterocycles. The summed E-state index contributed by atoms with van der Waals surface area (Å²) >= 11 is 0. The highest BCUT2D eigenvalue weighted by Gasteiger charge is 2.39. The Morgan fingerprint density at radius 1 is 1.13 bits per heavy atom. The van der Waals surface area contributed by atoms with E-state index in [1.165, 1.54) is 0 Å². The minimum Gasteiger partial charge on any atom is -0.465 e. The van der Waals surface area contributed by atoms with Crippen LogP contribution >= 0.6 is 0 Å². The molecule has 1 aromatic carbocycles. The molecule has 0 radical (unpaired) electrons. The number of ether oxygens (including phenoxy) is 2. The quantitative estimate of drug-likeness (QED) is 0.782. The zero-order valence-electron chi connectivity index (χ0n) is 14.4. The molecule has 6 heteroatoms. The molecule has 1 aromatic rings. The van der Waals surface area contributed by atoms with Crippen molar-refractivity contribution < 1.29 is 24.3 Å². The lowest BCUT2D eigenvalue weighted by atomic mass is 9.76. The Morgan fingerprint density at radius 2 is 1.78 bits per heavy atom. The normalized spacial score (nSPS) is 19.5. The van der Waals surface area contributed by atoms with Gasteiger partial charge in [0.05, 0.1) is 17.8 Å². The molecule has 1 fully saturated rings. The van der Waals surface area contributed by atoms with E-state index in [0.29, 0.717) is 11.2 Å². The van der Waals surface area contributed by atoms with Crippen molar-refractivity contribution in [2.75, 3.05) is 6.61 Å². The topological polar surface area (TPSA) is 68.2 Å². The molecule has 0 amide bonds. The second-order valence-electron chi connectivity index (χ2n) is 7.02. The molecule has 0 saturated carbocycles. The largest absolute Gasteiger partial charge is 0.491 e. The molecule has 2 N–H and O–H groups in total. The molecule has 0 bridgehead atoms. The zero-order chi connectivity index (χ0) is 17.1. The van der Waals surface area contributed by atoms with E-state index in [-0.39, 0.29) is 6.29 Å². The van der Waals surface area contributed by atoms with Gasteiger partial charge >= 0.3 is 7.12 Å². The summed E-state index contributed by atoms with van der Waals surface area (Å²) in [5.74, 6) is 0.703. The Labute approximate surface area is 138 Å². The Balaban J connectivity index is 1.95. The van der Waals surface area contributed by atoms with Crippen molar-refractivity contribution >= 4 is 12.6 Å². The maximum atomic E-state index is 10.2. The first-order valence-corrected chi connectivity index (χ1v) is 8.15. The second-order valence-corrected chi connectivity index (χ2v) is 7.02. The molecule has 2 rings (SSSR count). The van der Waals surface area contributed by atoms with Crippen LogP contribution in [0, 0.1) is 0 Å². The van der Waals surface area contributed by atoms with E-state index in [4.69, 9.17) is 14.1 Å². The predicted octanol–water partition coefficient (Wildman–Crippen LogP) is 1.85. The molecule has 0 aliphatic carbocycles. The van der Waals surface area contributed by atoms with Crippen molar-refractivity contribution in [2.45, 2.75) is 64.4 Å². The van der Waals surface area contributed by atoms with Gasteiger partial charge in [-0.25, -0.2) is 0 Å². The van der Waals surface area contributed by atoms with Crippen LogP contribution in [0.25, 0.3) is 0 Å². The first-order chi connectivity index (χ1) is 10.7. The van der Waals surface area contributed by atoms with Gasteiger partial charge in [0, 0.05) is 6.42 Å². The minimum absolute atomic E-state index is 0.190. The van der Waals surface area contributed by atoms with Crippen LogP contribution in [-0.2, 0) is 9.39 Å². The van der Waals surface area contributed by atoms with E-state index in [1.807, 2.05) is 0 Å². The number of hydrogen-bond donors (Lipinski definition) is 2. The van der Waals surface area contributed by atoms with Crippen LogP contribution in [0.2, 0.25) is 0 Å². The fraction of sp³-hybridized carbons (Fsp3) is 0.647. The third-order valence-electron chi connectivity index (χ3n) is 4.45. The van der Waals surface area contributed by atoms with E-state index in [2.05, 4.69) is 0 Å². The molecule has 0 spiro atoms. The van der Waals surface area contributed by atoms with Crippen molar-refractivity contribution in [3.05, 3.63) is 24.3 Å². The van der Waals surface area contributed by atoms with Crippen LogP contribution in [0.3, 0.4) is 0 Å². The average molecular weight is 322 g/mol. The van der Waals surface area contributed by atoms with Crippen LogP contribution < -0.4 is 10.2 Å². The fourth-order valence-corrected chi connectivity index (χ4v) is 2.16. The van der Waals surface area contributed by atoms with Crippen LogP contribution in [-0.4, -0.2) is 41.3 Å². The van der Waals surface area contributed by atoms with Gasteiger partial charge in [0.2, 0.25) is 0 Å². The molecular formula is C17H27BO5. The lowest BCUT2D eigenvalue weighted by molar-refractivity contribution is -0.105. The number of aliphatic hydroxyl groups is 1. The Kier molecular flexibility index (Phi) is 5.73. The highest BCUT2D eigenvalue weighted by atomic mass is 16.7. The van der Waals surface area contributed by atoms with Gasteiger partial charge in [0.25, 0.3) is 0 Å². The summed E-state index contributed by atoms with van der Waals surface area (Å²) in [6.45, 7) is 7.53. The van der Waals surface area contributed by atoms with E-state index in [1.54, 1.807) is 52.0 Å². The first-order valence-electron chi connectivity index (χ1n) is 8.15. The summed E-state index contributed by atoms with van der Waals surface area (Å²) in [5.41, 5.74) is -1.35. The number of benzene rings is 1. The van der Waals surface area contributed by atoms with Gasteiger partial charge in [-0.1, -0.05) is 12.1 Å². The SMILES string of the molecule is CC(C)(O)C(C)(C)OB(O)c1ccc(O[C@H]2CCCCO2)cc1. The molecule has 1 saturated heterocycles. The summed E-state index contributed by atoms with van der Waals surface area (Å²) in [7, 11) is -1.11. The average Bonchev–Trinajstić information content (AvgIpc) is 2.47. The smallest absolute Gasteiger partial charge is 0.465 e. The van der Waals surface area contributed by atoms with Crippen molar-refractivity contribution in [1.82, 2.24) is 0 Å². The van der Waals surface area contributed by atoms with Crippen LogP contribution in [0.15, 0.2) is 24.3 Å². The minimum atomic E-state index is -1.11. The zero-order valence-corrected chi connectivity index (χ0v) is 14.4. The summed E-state index contributed by atoms with van der Waals surface area (Å²) < 4.78 is 16.9.